The van der Waals surface area contributed by atoms with Crippen LogP contribution in [0.2, 0.25) is 0 Å². The molecule has 29 nitrogen and oxygen atoms in total. The molecule has 5 amide bonds. The molecule has 774 valence electrons. The number of hydrogen-bond acceptors (Lipinski definition) is 21. The van der Waals surface area contributed by atoms with Gasteiger partial charge in [-0.25, -0.2) is 53.6 Å². The lowest BCUT2D eigenvalue weighted by atomic mass is 9.90. The zero-order valence-corrected chi connectivity index (χ0v) is 82.1. The van der Waals surface area contributed by atoms with Crippen LogP contribution in [0.15, 0.2) is 162 Å². The monoisotopic (exact) mass is 2050 g/mol. The van der Waals surface area contributed by atoms with Crippen molar-refractivity contribution in [1.29, 1.82) is 0 Å². The number of carbonyl (C=O) groups excluding carboxylic acids is 6. The van der Waals surface area contributed by atoms with E-state index in [4.69, 9.17) is 4.74 Å². The van der Waals surface area contributed by atoms with Crippen molar-refractivity contribution in [3.05, 3.63) is 265 Å². The van der Waals surface area contributed by atoms with Crippen molar-refractivity contribution in [3.8, 4) is 67.7 Å². The Morgan fingerprint density at radius 2 is 0.777 bits per heavy atom. The Morgan fingerprint density at radius 3 is 1.11 bits per heavy atom. The molecular formula is C106H100F13N15O14. The number of phenols is 3. The van der Waals surface area contributed by atoms with E-state index in [0.29, 0.717) is 38.0 Å². The van der Waals surface area contributed by atoms with Crippen LogP contribution in [0, 0.1) is 73.1 Å². The number of nitrogens with zero attached hydrogens (tertiary/aromatic N) is 15. The number of carbonyl (C=O) groups is 6. The lowest BCUT2D eigenvalue weighted by molar-refractivity contribution is -0.153. The quantitative estimate of drug-likeness (QED) is 0.0285. The predicted molar refractivity (Wildman–Crippen MR) is 529 cm³/mol. The molecule has 4 N–H and O–H groups in total. The number of anilines is 6. The van der Waals surface area contributed by atoms with Crippen LogP contribution >= 0.6 is 0 Å². The molecule has 0 aliphatic carbocycles. The van der Waals surface area contributed by atoms with Gasteiger partial charge >= 0.3 is 12.3 Å². The Kier molecular flexibility index (Phi) is 28.5. The van der Waals surface area contributed by atoms with Gasteiger partial charge in [-0.15, -0.1) is 13.2 Å². The highest BCUT2D eigenvalue weighted by molar-refractivity contribution is 6.16. The molecule has 148 heavy (non-hydrogen) atoms. The molecule has 0 bridgehead atoms. The van der Waals surface area contributed by atoms with Crippen LogP contribution in [0.3, 0.4) is 0 Å². The first-order valence-electron chi connectivity index (χ1n) is 47.1. The number of aromatic hydroxyl groups is 3. The summed E-state index contributed by atoms with van der Waals surface area (Å²) < 4.78 is 214. The highest BCUT2D eigenvalue weighted by atomic mass is 19.4. The van der Waals surface area contributed by atoms with Crippen LogP contribution in [0.1, 0.15) is 120 Å². The Morgan fingerprint density at radius 1 is 0.446 bits per heavy atom. The van der Waals surface area contributed by atoms with E-state index in [0.717, 1.165) is 91.8 Å². The zero-order valence-electron chi connectivity index (χ0n) is 82.1. The van der Waals surface area contributed by atoms with E-state index >= 15 is 44.3 Å². The molecule has 0 spiro atoms. The van der Waals surface area contributed by atoms with Gasteiger partial charge in [0.1, 0.15) is 87.3 Å². The van der Waals surface area contributed by atoms with Crippen LogP contribution in [0.4, 0.5) is 91.2 Å². The highest BCUT2D eigenvalue weighted by Crippen LogP contribution is 2.54. The van der Waals surface area contributed by atoms with Crippen LogP contribution in [0.25, 0.3) is 83.2 Å². The largest absolute Gasteiger partial charge is 0.507 e. The lowest BCUT2D eigenvalue weighted by Crippen LogP contribution is -2.70. The summed E-state index contributed by atoms with van der Waals surface area (Å²) in [7, 11) is 1.20. The summed E-state index contributed by atoms with van der Waals surface area (Å²) in [5.41, 5.74) is -10.2. The van der Waals surface area contributed by atoms with Crippen LogP contribution in [-0.4, -0.2) is 214 Å². The number of esters is 1. The van der Waals surface area contributed by atoms with Gasteiger partial charge in [0, 0.05) is 92.2 Å². The molecule has 12 aromatic rings. The minimum atomic E-state index is -5.50. The van der Waals surface area contributed by atoms with E-state index < -0.39 is 267 Å². The van der Waals surface area contributed by atoms with E-state index in [9.17, 15) is 76.3 Å². The number of alkyl halides is 4. The maximum atomic E-state index is 17.5. The number of aliphatic hydroxyl groups is 1. The van der Waals surface area contributed by atoms with E-state index in [1.54, 1.807) is 85.5 Å². The van der Waals surface area contributed by atoms with Gasteiger partial charge in [0.15, 0.2) is 24.3 Å². The maximum Gasteiger partial charge on any atom is 0.491 e. The second kappa shape index (κ2) is 40.1. The van der Waals surface area contributed by atoms with Crippen molar-refractivity contribution in [2.75, 3.05) is 95.7 Å². The number of amides is 5. The first-order chi connectivity index (χ1) is 70.1. The van der Waals surface area contributed by atoms with Crippen molar-refractivity contribution < 1.29 is 111 Å². The van der Waals surface area contributed by atoms with Gasteiger partial charge in [-0.3, -0.25) is 71.9 Å². The predicted octanol–water partition coefficient (Wildman–Crippen LogP) is 16.5. The number of ether oxygens (including phenoxy) is 1. The Labute approximate surface area is 836 Å². The second-order valence-corrected chi connectivity index (χ2v) is 37.7. The van der Waals surface area contributed by atoms with E-state index in [1.807, 2.05) is 13.8 Å². The number of benzene rings is 6. The molecule has 7 unspecified atom stereocenters. The molecule has 0 saturated carbocycles. The third kappa shape index (κ3) is 17.1. The summed E-state index contributed by atoms with van der Waals surface area (Å²) >= 11 is 0. The summed E-state index contributed by atoms with van der Waals surface area (Å²) in [5.74, 6) is -19.6. The average Bonchev–Trinajstić information content (AvgIpc) is 0.707. The molecular weight excluding hydrogens is 1950 g/mol. The van der Waals surface area contributed by atoms with Crippen LogP contribution in [-0.2, 0) is 33.5 Å². The number of piperazine rings is 3. The van der Waals surface area contributed by atoms with E-state index in [2.05, 4.69) is 34.7 Å². The Hall–Kier alpha value is -15.9. The first-order valence-corrected chi connectivity index (χ1v) is 47.1. The van der Waals surface area contributed by atoms with Crippen molar-refractivity contribution in [3.63, 3.8) is 0 Å². The first kappa shape index (κ1) is 105. The summed E-state index contributed by atoms with van der Waals surface area (Å²) in [6.45, 7) is 28.1. The smallest absolute Gasteiger partial charge is 0.491 e. The molecule has 6 aromatic heterocycles. The molecule has 18 rings (SSSR count). The lowest BCUT2D eigenvalue weighted by Gasteiger charge is -2.54. The SMILES string of the molecule is C=CC(=O)N1CC2C(=O)N(C(F)(F)F)c3c(c4cc(F)c(-c5c(O)cccc5F)c(F)c4n(-c4c(C)ccnc4C(C)C)c3=O)N2CC1C.C=CC(=O)N1CC2C(=O)N(CF)c3c(c4cc(F)c(-c5c(O)cccc5F)c(F)c4n(-c4c(C)ccnc4C(C)C)c3=O)N2CC1C.C=CC(=O)N1CC2C(C(=O)OC)N(CCCO)c3c(c4cc(F)c(-c5c(O)cccc5F)c(F)c4n(-c4c(C)ccnc4C(C)C)c3=O)N2CC1C. The van der Waals surface area contributed by atoms with Gasteiger partial charge in [0.25, 0.3) is 28.5 Å². The average molecular weight is 2060 g/mol. The van der Waals surface area contributed by atoms with Gasteiger partial charge < -0.3 is 59.5 Å². The molecule has 12 heterocycles. The zero-order chi connectivity index (χ0) is 108. The van der Waals surface area contributed by atoms with Crippen LogP contribution in [0.5, 0.6) is 17.2 Å². The van der Waals surface area contributed by atoms with Gasteiger partial charge in [0.2, 0.25) is 17.7 Å². The topological polar surface area (TPSA) is 326 Å². The Bertz CT molecular complexity index is 7750. The van der Waals surface area contributed by atoms with Gasteiger partial charge in [0.05, 0.1) is 127 Å². The molecule has 42 heteroatoms. The van der Waals surface area contributed by atoms with Crippen LogP contribution < -0.4 is 46.1 Å². The minimum absolute atomic E-state index is 0.0411. The van der Waals surface area contributed by atoms with Crippen molar-refractivity contribution in [1.82, 2.24) is 43.4 Å². The molecule has 3 saturated heterocycles. The molecule has 6 aromatic carbocycles. The van der Waals surface area contributed by atoms with Gasteiger partial charge in [-0.1, -0.05) is 79.5 Å². The van der Waals surface area contributed by atoms with Crippen molar-refractivity contribution >= 4 is 102 Å². The molecule has 0 radical (unpaired) electrons. The number of halogens is 13. The number of aryl methyl sites for hydroxylation is 3. The number of fused-ring (bicyclic) bond motifs is 15. The summed E-state index contributed by atoms with van der Waals surface area (Å²) in [5, 5.41) is 40.8. The fourth-order valence-corrected chi connectivity index (χ4v) is 21.2. The number of aromatic nitrogens is 6. The van der Waals surface area contributed by atoms with E-state index in [-0.39, 0.29) is 120 Å². The molecule has 6 aliphatic rings. The number of aliphatic hydroxyl groups excluding tert-OH is 1. The van der Waals surface area contributed by atoms with Gasteiger partial charge in [-0.05, 0) is 173 Å². The molecule has 7 atom stereocenters. The maximum absolute atomic E-state index is 17.5. The summed E-state index contributed by atoms with van der Waals surface area (Å²) in [6.07, 6.45) is 2.22. The van der Waals surface area contributed by atoms with Crippen molar-refractivity contribution in [2.45, 2.75) is 156 Å². The number of phenolic OH excluding ortho intramolecular Hbond substituents is 3. The number of methoxy groups -OCH3 is 1. The number of hydrogen-bond donors (Lipinski definition) is 4. The third-order valence-electron chi connectivity index (χ3n) is 27.8. The number of pyridine rings is 6. The third-order valence-corrected chi connectivity index (χ3v) is 27.8. The fourth-order valence-electron chi connectivity index (χ4n) is 21.2. The van der Waals surface area contributed by atoms with Gasteiger partial charge in [-0.2, -0.15) is 0 Å². The Balaban J connectivity index is 0.000000159. The summed E-state index contributed by atoms with van der Waals surface area (Å²) in [6, 6.07) is 9.76. The molecule has 6 aliphatic heterocycles. The minimum Gasteiger partial charge on any atom is -0.507 e. The number of rotatable bonds is 17. The van der Waals surface area contributed by atoms with E-state index in [1.165, 1.54) is 64.2 Å². The standard InChI is InChI=1S/C38H40F3N5O6.C34H29F6N5O4.C34H31F4N5O4/c1-7-27(49)44-18-25-35(38(51)52-6)43(14-9-15-47)36-34(45(25)17-21(44)5)22-16-24(40)29(28-23(39)10-8-11-26(28)48)30(41)33(22)46(37(36)50)32-20(4)12-13-42-31(32)19(2)3;1-6-23(47)42-14-21-32(48)45(34(38,39)40)31-30(43(21)13-17(42)5)18-12-20(36)25(24-19(35)8-7-9-22(24)46)26(37)29(18)44(33(31)49)28-16(4)10-11-41-27(28)15(2)3;1-6-24(45)40-14-22-33(46)42(15-35)32-31(41(22)13-18(40)5)19-12-21(37)26(25-20(36)8-7-9-23(25)44)27(38)30(19)43(34(32)47)29-17(4)10-11-39-28(29)16(2)3/h7-8,10-13,16,19,21,25,35,47-48H,1,9,14-15,17-18H2,2-6H3;6-12,15,17,21,46H,1,13-14H2,2-5H3;6-12,16,18,22,44H,1,13-15H2,2-5H3. The van der Waals surface area contributed by atoms with Crippen molar-refractivity contribution in [2.24, 2.45) is 0 Å². The highest BCUT2D eigenvalue weighted by Gasteiger charge is 2.57. The second-order valence-electron chi connectivity index (χ2n) is 37.7. The normalized spacial score (nSPS) is 18.0. The summed E-state index contributed by atoms with van der Waals surface area (Å²) in [4.78, 5) is 148. The fraction of sp³-hybridized carbons (Fsp3) is 0.321. The molecule has 3 fully saturated rings.